The molecule has 4 aliphatic rings. The first kappa shape index (κ1) is 27.9. The van der Waals surface area contributed by atoms with Crippen LogP contribution in [-0.4, -0.2) is 65.2 Å². The molecule has 11 heteroatoms. The number of nitrogens with zero attached hydrogens (tertiary/aromatic N) is 2. The van der Waals surface area contributed by atoms with Gasteiger partial charge in [-0.15, -0.1) is 0 Å². The van der Waals surface area contributed by atoms with Gasteiger partial charge in [0.2, 0.25) is 11.6 Å². The van der Waals surface area contributed by atoms with Gasteiger partial charge >= 0.3 is 0 Å². The fourth-order valence-electron chi connectivity index (χ4n) is 6.36. The fourth-order valence-corrected chi connectivity index (χ4v) is 7.70. The van der Waals surface area contributed by atoms with Crippen LogP contribution in [0.25, 0.3) is 0 Å². The Morgan fingerprint density at radius 3 is 1.25 bits per heavy atom. The average molecular weight is 772 g/mol. The van der Waals surface area contributed by atoms with Gasteiger partial charge in [0.25, 0.3) is 11.8 Å². The number of halogens is 2. The van der Waals surface area contributed by atoms with Crippen molar-refractivity contribution in [2.75, 3.05) is 26.2 Å². The topological polar surface area (TPSA) is 94.6 Å². The summed E-state index contributed by atoms with van der Waals surface area (Å²) in [6.07, 6.45) is 0. The van der Waals surface area contributed by atoms with Crippen molar-refractivity contribution in [3.05, 3.63) is 42.5 Å². The van der Waals surface area contributed by atoms with Gasteiger partial charge in [-0.25, -0.2) is 0 Å². The number of ether oxygens (including phenoxy) is 4. The van der Waals surface area contributed by atoms with Gasteiger partial charge in [-0.3, -0.25) is 14.4 Å². The summed E-state index contributed by atoms with van der Waals surface area (Å²) < 4.78 is 24.9. The molecule has 0 N–H and O–H groups in total. The Labute approximate surface area is 260 Å². The van der Waals surface area contributed by atoms with Crippen molar-refractivity contribution in [1.82, 2.24) is 9.80 Å². The maximum Gasteiger partial charge on any atom is 0.255 e. The molecule has 6 rings (SSSR count). The molecule has 0 radical (unpaired) electrons. The maximum atomic E-state index is 13.9. The normalized spacial score (nSPS) is 27.1. The summed E-state index contributed by atoms with van der Waals surface area (Å²) in [6, 6.07) is 7.07. The average Bonchev–Trinajstić information content (AvgIpc) is 3.30. The van der Waals surface area contributed by atoms with Gasteiger partial charge in [0.15, 0.2) is 28.8 Å². The second kappa shape index (κ2) is 8.85. The van der Waals surface area contributed by atoms with Crippen molar-refractivity contribution in [2.24, 2.45) is 10.8 Å². The van der Waals surface area contributed by atoms with Gasteiger partial charge in [-0.05, 0) is 83.3 Å². The Morgan fingerprint density at radius 1 is 0.625 bits per heavy atom. The largest absolute Gasteiger partial charge is 0.449 e. The van der Waals surface area contributed by atoms with E-state index in [0.717, 1.165) is 7.14 Å². The van der Waals surface area contributed by atoms with E-state index in [0.29, 0.717) is 34.1 Å². The van der Waals surface area contributed by atoms with Crippen LogP contribution < -0.4 is 18.9 Å². The highest BCUT2D eigenvalue weighted by Gasteiger charge is 2.57. The van der Waals surface area contributed by atoms with E-state index in [4.69, 9.17) is 18.9 Å². The van der Waals surface area contributed by atoms with Crippen LogP contribution in [-0.2, 0) is 4.79 Å². The summed E-state index contributed by atoms with van der Waals surface area (Å²) in [5.41, 5.74) is -0.814. The summed E-state index contributed by atoms with van der Waals surface area (Å²) >= 11 is 4.27. The molecular formula is C29H30I2N2O7. The zero-order valence-electron chi connectivity index (χ0n) is 23.1. The molecule has 2 aromatic carbocycles. The van der Waals surface area contributed by atoms with Gasteiger partial charge < -0.3 is 28.7 Å². The number of rotatable bonds is 2. The van der Waals surface area contributed by atoms with E-state index in [9.17, 15) is 14.4 Å². The monoisotopic (exact) mass is 772 g/mol. The first-order valence-corrected chi connectivity index (χ1v) is 15.2. The summed E-state index contributed by atoms with van der Waals surface area (Å²) in [7, 11) is 0. The van der Waals surface area contributed by atoms with Crippen molar-refractivity contribution in [3.8, 4) is 23.0 Å². The SMILES string of the molecule is CC1(C)Oc2cc(I)c(C(=O)N3CC4(C)CN(C(=O)c5cc6c(cc5I)OC(C)(C)O6)CC(C)(C3)C4=O)cc2O1. The Morgan fingerprint density at radius 2 is 0.925 bits per heavy atom. The maximum absolute atomic E-state index is 13.9. The highest BCUT2D eigenvalue weighted by molar-refractivity contribution is 14.1. The lowest BCUT2D eigenvalue weighted by Gasteiger charge is -2.55. The quantitative estimate of drug-likeness (QED) is 0.393. The first-order chi connectivity index (χ1) is 18.5. The third-order valence-electron chi connectivity index (χ3n) is 7.78. The van der Waals surface area contributed by atoms with Crippen LogP contribution in [0.1, 0.15) is 62.3 Å². The van der Waals surface area contributed by atoms with E-state index in [1.807, 2.05) is 53.7 Å². The Bertz CT molecular complexity index is 1380. The molecule has 0 atom stereocenters. The molecule has 2 amide bonds. The molecule has 2 aromatic rings. The van der Waals surface area contributed by atoms with Gasteiger partial charge in [0.05, 0.1) is 22.0 Å². The minimum atomic E-state index is -0.913. The number of amides is 2. The molecule has 2 bridgehead atoms. The molecule has 0 saturated carbocycles. The van der Waals surface area contributed by atoms with Crippen molar-refractivity contribution in [1.29, 1.82) is 0 Å². The molecule has 4 heterocycles. The number of piperidine rings is 2. The summed E-state index contributed by atoms with van der Waals surface area (Å²) in [6.45, 7) is 11.8. The molecule has 0 spiro atoms. The van der Waals surface area contributed by atoms with Gasteiger partial charge in [-0.1, -0.05) is 0 Å². The standard InChI is InChI=1S/C29H30I2N2O7/c1-26(2)37-19-7-15(17(30)9-21(19)39-26)23(34)32-11-28(5)13-33(14-29(6,12-32)25(28)36)24(35)16-8-20-22(10-18(16)31)40-27(3,4)38-20/h7-10H,11-14H2,1-6H3. The molecule has 4 aliphatic heterocycles. The molecule has 2 fully saturated rings. The second-order valence-electron chi connectivity index (χ2n) is 12.5. The number of hydrogen-bond donors (Lipinski definition) is 0. The third kappa shape index (κ3) is 4.51. The number of Topliss-reactive ketones (excluding diaryl/α,β-unsaturated/α-hetero) is 1. The number of hydrogen-bond acceptors (Lipinski definition) is 7. The predicted octanol–water partition coefficient (Wildman–Crippen LogP) is 5.10. The lowest BCUT2D eigenvalue weighted by Crippen LogP contribution is -2.69. The molecule has 0 aromatic heterocycles. The number of ketones is 1. The van der Waals surface area contributed by atoms with Crippen molar-refractivity contribution < 1.29 is 33.3 Å². The number of benzene rings is 2. The van der Waals surface area contributed by atoms with E-state index >= 15 is 0 Å². The number of likely N-dealkylation sites (tertiary alicyclic amines) is 2. The van der Waals surface area contributed by atoms with Crippen LogP contribution in [0.3, 0.4) is 0 Å². The van der Waals surface area contributed by atoms with E-state index in [-0.39, 0.29) is 43.8 Å². The molecule has 2 saturated heterocycles. The molecule has 212 valence electrons. The summed E-state index contributed by atoms with van der Waals surface area (Å²) in [5, 5.41) is 0. The van der Waals surface area contributed by atoms with Crippen LogP contribution in [0.15, 0.2) is 24.3 Å². The minimum Gasteiger partial charge on any atom is -0.449 e. The fraction of sp³-hybridized carbons (Fsp3) is 0.483. The van der Waals surface area contributed by atoms with Crippen LogP contribution in [0.2, 0.25) is 0 Å². The van der Waals surface area contributed by atoms with Crippen molar-refractivity contribution >= 4 is 62.8 Å². The van der Waals surface area contributed by atoms with Crippen LogP contribution >= 0.6 is 45.2 Å². The lowest BCUT2D eigenvalue weighted by atomic mass is 9.64. The first-order valence-electron chi connectivity index (χ1n) is 13.1. The van der Waals surface area contributed by atoms with Crippen LogP contribution in [0.4, 0.5) is 0 Å². The van der Waals surface area contributed by atoms with E-state index in [2.05, 4.69) is 45.2 Å². The summed E-state index contributed by atoms with van der Waals surface area (Å²) in [4.78, 5) is 44.9. The predicted molar refractivity (Wildman–Crippen MR) is 162 cm³/mol. The number of fused-ring (bicyclic) bond motifs is 4. The highest BCUT2D eigenvalue weighted by atomic mass is 127. The van der Waals surface area contributed by atoms with Crippen molar-refractivity contribution in [2.45, 2.75) is 53.1 Å². The lowest BCUT2D eigenvalue weighted by molar-refractivity contribution is -0.153. The summed E-state index contributed by atoms with van der Waals surface area (Å²) in [5.74, 6) is 0.400. The zero-order valence-corrected chi connectivity index (χ0v) is 27.5. The smallest absolute Gasteiger partial charge is 0.255 e. The molecule has 40 heavy (non-hydrogen) atoms. The molecule has 9 nitrogen and oxygen atoms in total. The van der Waals surface area contributed by atoms with E-state index in [1.165, 1.54) is 0 Å². The van der Waals surface area contributed by atoms with E-state index in [1.54, 1.807) is 21.9 Å². The Hall–Kier alpha value is -2.29. The highest BCUT2D eigenvalue weighted by Crippen LogP contribution is 2.46. The second-order valence-corrected chi connectivity index (χ2v) is 14.9. The Balaban J connectivity index is 1.26. The van der Waals surface area contributed by atoms with Gasteiger partial charge in [0, 0.05) is 61.0 Å². The molecule has 0 unspecified atom stereocenters. The van der Waals surface area contributed by atoms with Gasteiger partial charge in [-0.2, -0.15) is 0 Å². The molecule has 0 aliphatic carbocycles. The van der Waals surface area contributed by atoms with Crippen LogP contribution in [0.5, 0.6) is 23.0 Å². The third-order valence-corrected chi connectivity index (χ3v) is 9.57. The number of carbonyl (C=O) groups excluding carboxylic acids is 3. The van der Waals surface area contributed by atoms with Gasteiger partial charge in [0.1, 0.15) is 0 Å². The molecular weight excluding hydrogens is 742 g/mol. The van der Waals surface area contributed by atoms with E-state index < -0.39 is 22.4 Å². The number of carbonyl (C=O) groups is 3. The van der Waals surface area contributed by atoms with Crippen molar-refractivity contribution in [3.63, 3.8) is 0 Å². The van der Waals surface area contributed by atoms with Crippen LogP contribution in [0, 0.1) is 18.0 Å². The minimum absolute atomic E-state index is 0.0809. The Kier molecular flexibility index (Phi) is 6.17. The zero-order chi connectivity index (χ0) is 29.0.